The summed E-state index contributed by atoms with van der Waals surface area (Å²) in [6, 6.07) is 0. The molecule has 0 aromatic carbocycles. The Labute approximate surface area is 137 Å². The van der Waals surface area contributed by atoms with Crippen molar-refractivity contribution in [2.45, 2.75) is 27.2 Å². The molecule has 11 nitrogen and oxygen atoms in total. The monoisotopic (exact) mass is 333 g/mol. The first-order chi connectivity index (χ1) is 11.3. The lowest BCUT2D eigenvalue weighted by atomic mass is 10.2. The Balaban J connectivity index is 2.14. The average Bonchev–Trinajstić information content (AvgIpc) is 3.08. The number of rotatable bonds is 5. The second-order valence-corrected chi connectivity index (χ2v) is 5.03. The van der Waals surface area contributed by atoms with E-state index in [1.807, 2.05) is 6.92 Å². The molecule has 0 aliphatic rings. The van der Waals surface area contributed by atoms with E-state index >= 15 is 0 Å². The number of carbonyl (C=O) groups is 2. The lowest BCUT2D eigenvalue weighted by Crippen LogP contribution is -2.23. The Hall–Kier alpha value is -3.37. The van der Waals surface area contributed by atoms with E-state index in [2.05, 4.69) is 36.2 Å². The fourth-order valence-corrected chi connectivity index (χ4v) is 1.80. The lowest BCUT2D eigenvalue weighted by molar-refractivity contribution is 0.0948. The van der Waals surface area contributed by atoms with Gasteiger partial charge in [0.15, 0.2) is 5.82 Å². The summed E-state index contributed by atoms with van der Waals surface area (Å²) in [5.41, 5.74) is 14.8. The van der Waals surface area contributed by atoms with Crippen molar-refractivity contribution in [3.05, 3.63) is 22.5 Å². The number of hydrazone groups is 1. The summed E-state index contributed by atoms with van der Waals surface area (Å²) in [6.07, 6.45) is 0.510. The number of hydrogen-bond acceptors (Lipinski definition) is 6. The molecule has 0 unspecified atom stereocenters. The Morgan fingerprint density at radius 3 is 2.33 bits per heavy atom. The molecule has 0 aliphatic carbocycles. The van der Waals surface area contributed by atoms with Gasteiger partial charge in [0.2, 0.25) is 0 Å². The van der Waals surface area contributed by atoms with Crippen LogP contribution in [0.5, 0.6) is 0 Å². The number of aromatic amines is 2. The van der Waals surface area contributed by atoms with E-state index in [0.717, 1.165) is 0 Å². The SMILES string of the molecule is CCC(N)=NNC(=O)c1[nH]nc(NC(=O)c2[nH]nc(N)c2C)c1C. The first-order valence-corrected chi connectivity index (χ1v) is 7.14. The molecule has 0 radical (unpaired) electrons. The molecular weight excluding hydrogens is 314 g/mol. The number of nitrogen functional groups attached to an aromatic ring is 1. The van der Waals surface area contributed by atoms with Crippen LogP contribution in [0.3, 0.4) is 0 Å². The van der Waals surface area contributed by atoms with Gasteiger partial charge in [-0.1, -0.05) is 6.92 Å². The van der Waals surface area contributed by atoms with E-state index in [1.54, 1.807) is 13.8 Å². The number of nitrogens with two attached hydrogens (primary N) is 2. The quantitative estimate of drug-likeness (QED) is 0.254. The fourth-order valence-electron chi connectivity index (χ4n) is 1.80. The third-order valence-corrected chi connectivity index (χ3v) is 3.41. The van der Waals surface area contributed by atoms with Gasteiger partial charge in [-0.2, -0.15) is 15.3 Å². The molecule has 0 bridgehead atoms. The van der Waals surface area contributed by atoms with Gasteiger partial charge in [0, 0.05) is 17.5 Å². The van der Waals surface area contributed by atoms with Crippen molar-refractivity contribution in [3.8, 4) is 0 Å². The first-order valence-electron chi connectivity index (χ1n) is 7.14. The Morgan fingerprint density at radius 1 is 1.12 bits per heavy atom. The maximum absolute atomic E-state index is 12.2. The van der Waals surface area contributed by atoms with Crippen molar-refractivity contribution in [2.24, 2.45) is 10.8 Å². The predicted molar refractivity (Wildman–Crippen MR) is 88.4 cm³/mol. The minimum Gasteiger partial charge on any atom is -0.386 e. The number of H-pyrrole nitrogens is 2. The maximum Gasteiger partial charge on any atom is 0.289 e. The molecule has 0 fully saturated rings. The highest BCUT2D eigenvalue weighted by Gasteiger charge is 2.20. The number of carbonyl (C=O) groups excluding carboxylic acids is 2. The summed E-state index contributed by atoms with van der Waals surface area (Å²) in [5.74, 6) is -0.234. The lowest BCUT2D eigenvalue weighted by Gasteiger charge is -2.03. The van der Waals surface area contributed by atoms with E-state index in [1.165, 1.54) is 0 Å². The second kappa shape index (κ2) is 6.81. The van der Waals surface area contributed by atoms with Crippen molar-refractivity contribution in [2.75, 3.05) is 11.1 Å². The van der Waals surface area contributed by atoms with Crippen LogP contribution in [-0.4, -0.2) is 38.0 Å². The van der Waals surface area contributed by atoms with Gasteiger partial charge in [0.25, 0.3) is 11.8 Å². The minimum atomic E-state index is -0.515. The van der Waals surface area contributed by atoms with Gasteiger partial charge in [0.05, 0.1) is 0 Å². The highest BCUT2D eigenvalue weighted by Crippen LogP contribution is 2.18. The van der Waals surface area contributed by atoms with Crippen LogP contribution in [0.25, 0.3) is 0 Å². The Kier molecular flexibility index (Phi) is 4.82. The fraction of sp³-hybridized carbons (Fsp3) is 0.308. The molecule has 2 aromatic rings. The standard InChI is InChI=1S/C13H19N9O2/c1-4-7(14)17-22-13(24)9-6(3)11(21-19-9)16-12(23)8-5(2)10(15)20-18-8/h4H2,1-3H3,(H2,14,17)(H,22,24)(H3,15,18,20)(H2,16,19,21,23). The number of hydrogen-bond donors (Lipinski definition) is 6. The van der Waals surface area contributed by atoms with Gasteiger partial charge < -0.3 is 16.8 Å². The molecular formula is C13H19N9O2. The molecule has 2 heterocycles. The van der Waals surface area contributed by atoms with Gasteiger partial charge in [-0.05, 0) is 13.8 Å². The van der Waals surface area contributed by atoms with Gasteiger partial charge in [0.1, 0.15) is 23.0 Å². The van der Waals surface area contributed by atoms with E-state index in [0.29, 0.717) is 23.4 Å². The van der Waals surface area contributed by atoms with Crippen molar-refractivity contribution in [1.29, 1.82) is 0 Å². The zero-order valence-electron chi connectivity index (χ0n) is 13.5. The molecule has 24 heavy (non-hydrogen) atoms. The van der Waals surface area contributed by atoms with Crippen molar-refractivity contribution in [1.82, 2.24) is 25.8 Å². The molecule has 2 amide bonds. The summed E-state index contributed by atoms with van der Waals surface area (Å²) in [6.45, 7) is 5.11. The predicted octanol–water partition coefficient (Wildman–Crippen LogP) is -0.00386. The van der Waals surface area contributed by atoms with E-state index in [9.17, 15) is 9.59 Å². The topological polar surface area (TPSA) is 180 Å². The first kappa shape index (κ1) is 17.0. The van der Waals surface area contributed by atoms with Crippen LogP contribution < -0.4 is 22.2 Å². The molecule has 0 aliphatic heterocycles. The van der Waals surface area contributed by atoms with Gasteiger partial charge >= 0.3 is 0 Å². The summed E-state index contributed by atoms with van der Waals surface area (Å²) < 4.78 is 0. The number of anilines is 2. The Morgan fingerprint density at radius 2 is 1.75 bits per heavy atom. The van der Waals surface area contributed by atoms with Crippen molar-refractivity contribution >= 4 is 29.3 Å². The van der Waals surface area contributed by atoms with Crippen LogP contribution in [-0.2, 0) is 0 Å². The molecule has 11 heteroatoms. The number of aromatic nitrogens is 4. The number of nitrogens with one attached hydrogen (secondary N) is 4. The van der Waals surface area contributed by atoms with Crippen LogP contribution in [0, 0.1) is 13.8 Å². The number of nitrogens with zero attached hydrogens (tertiary/aromatic N) is 3. The van der Waals surface area contributed by atoms with E-state index in [4.69, 9.17) is 11.5 Å². The molecule has 0 atom stereocenters. The summed E-state index contributed by atoms with van der Waals surface area (Å²) >= 11 is 0. The van der Waals surface area contributed by atoms with E-state index in [-0.39, 0.29) is 23.0 Å². The third kappa shape index (κ3) is 3.34. The van der Waals surface area contributed by atoms with Crippen LogP contribution >= 0.6 is 0 Å². The van der Waals surface area contributed by atoms with Crippen molar-refractivity contribution in [3.63, 3.8) is 0 Å². The molecule has 0 saturated carbocycles. The van der Waals surface area contributed by atoms with E-state index < -0.39 is 11.8 Å². The van der Waals surface area contributed by atoms with Crippen LogP contribution in [0.2, 0.25) is 0 Å². The van der Waals surface area contributed by atoms with Gasteiger partial charge in [-0.15, -0.1) is 0 Å². The van der Waals surface area contributed by atoms with Crippen LogP contribution in [0.15, 0.2) is 5.10 Å². The zero-order chi connectivity index (χ0) is 17.9. The van der Waals surface area contributed by atoms with Crippen LogP contribution in [0.4, 0.5) is 11.6 Å². The largest absolute Gasteiger partial charge is 0.386 e. The molecule has 2 aromatic heterocycles. The summed E-state index contributed by atoms with van der Waals surface area (Å²) in [4.78, 5) is 24.2. The maximum atomic E-state index is 12.2. The number of amides is 2. The number of amidine groups is 1. The molecule has 0 spiro atoms. The molecule has 2 rings (SSSR count). The molecule has 8 N–H and O–H groups in total. The zero-order valence-corrected chi connectivity index (χ0v) is 13.5. The van der Waals surface area contributed by atoms with Gasteiger partial charge in [-0.3, -0.25) is 19.8 Å². The minimum absolute atomic E-state index is 0.166. The second-order valence-electron chi connectivity index (χ2n) is 5.03. The third-order valence-electron chi connectivity index (χ3n) is 3.41. The highest BCUT2D eigenvalue weighted by molar-refractivity contribution is 6.05. The smallest absolute Gasteiger partial charge is 0.289 e. The summed E-state index contributed by atoms with van der Waals surface area (Å²) in [5, 5.41) is 19.1. The Bertz CT molecular complexity index is 802. The van der Waals surface area contributed by atoms with Crippen molar-refractivity contribution < 1.29 is 9.59 Å². The van der Waals surface area contributed by atoms with Gasteiger partial charge in [-0.25, -0.2) is 5.43 Å². The average molecular weight is 333 g/mol. The highest BCUT2D eigenvalue weighted by atomic mass is 16.2. The molecule has 0 saturated heterocycles. The van der Waals surface area contributed by atoms with Crippen LogP contribution in [0.1, 0.15) is 45.4 Å². The summed E-state index contributed by atoms with van der Waals surface area (Å²) in [7, 11) is 0. The normalized spacial score (nSPS) is 11.4. The molecule has 128 valence electrons.